The van der Waals surface area contributed by atoms with Gasteiger partial charge in [-0.2, -0.15) is 0 Å². The van der Waals surface area contributed by atoms with Gasteiger partial charge in [0.25, 0.3) is 5.56 Å². The van der Waals surface area contributed by atoms with Gasteiger partial charge in [-0.3, -0.25) is 14.3 Å². The van der Waals surface area contributed by atoms with Gasteiger partial charge < -0.3 is 15.2 Å². The molecule has 0 aromatic carbocycles. The standard InChI is InChI=1S/C21H23N5O6/c1-21(2,3)32-19(30)24-14(18(28)29)9-12-5-6-16(23-10-12)26-17(27)13-7-8-22-11-15(13)25(4)20(26)31/h5-8,10-11,14H,9H2,1-4H3,(H,24,30)(H,28,29)/t14-/m0/s1. The SMILES string of the molecule is Cn1c(=O)n(-c2ccc(C[C@H](NC(=O)OC(C)(C)C)C(=O)O)cn2)c(=O)c2ccncc21. The van der Waals surface area contributed by atoms with Gasteiger partial charge in [-0.25, -0.2) is 23.9 Å². The molecule has 3 aromatic rings. The molecule has 0 aliphatic carbocycles. The molecule has 1 atom stereocenters. The van der Waals surface area contributed by atoms with Gasteiger partial charge in [-0.1, -0.05) is 6.07 Å². The molecule has 0 fully saturated rings. The lowest BCUT2D eigenvalue weighted by Gasteiger charge is -2.22. The summed E-state index contributed by atoms with van der Waals surface area (Å²) in [6.07, 6.45) is 3.32. The van der Waals surface area contributed by atoms with Crippen LogP contribution in [0.25, 0.3) is 16.7 Å². The van der Waals surface area contributed by atoms with Crippen molar-refractivity contribution in [2.24, 2.45) is 7.05 Å². The van der Waals surface area contributed by atoms with Crippen LogP contribution in [0, 0.1) is 0 Å². The van der Waals surface area contributed by atoms with Crippen LogP contribution in [0.4, 0.5) is 4.79 Å². The second-order valence-electron chi connectivity index (χ2n) is 8.14. The van der Waals surface area contributed by atoms with Crippen LogP contribution in [-0.2, 0) is 23.0 Å². The van der Waals surface area contributed by atoms with Gasteiger partial charge in [-0.15, -0.1) is 0 Å². The van der Waals surface area contributed by atoms with Crippen molar-refractivity contribution in [2.75, 3.05) is 0 Å². The number of carboxylic acid groups (broad SMARTS) is 1. The van der Waals surface area contributed by atoms with Crippen LogP contribution in [0.5, 0.6) is 0 Å². The Morgan fingerprint density at radius 2 is 1.91 bits per heavy atom. The number of alkyl carbamates (subject to hydrolysis) is 1. The van der Waals surface area contributed by atoms with Crippen molar-refractivity contribution in [3.63, 3.8) is 0 Å². The van der Waals surface area contributed by atoms with Crippen molar-refractivity contribution < 1.29 is 19.4 Å². The number of aromatic nitrogens is 4. The van der Waals surface area contributed by atoms with Crippen molar-refractivity contribution in [2.45, 2.75) is 38.8 Å². The van der Waals surface area contributed by atoms with E-state index in [1.54, 1.807) is 20.8 Å². The van der Waals surface area contributed by atoms with Crippen molar-refractivity contribution in [3.05, 3.63) is 63.2 Å². The van der Waals surface area contributed by atoms with Crippen molar-refractivity contribution >= 4 is 23.0 Å². The molecule has 168 valence electrons. The number of carbonyl (C=O) groups is 2. The Bertz CT molecular complexity index is 1290. The maximum Gasteiger partial charge on any atom is 0.408 e. The van der Waals surface area contributed by atoms with E-state index in [4.69, 9.17) is 4.74 Å². The molecule has 0 bridgehead atoms. The molecule has 0 aliphatic heterocycles. The van der Waals surface area contributed by atoms with Gasteiger partial charge in [0, 0.05) is 25.9 Å². The molecule has 3 heterocycles. The number of carbonyl (C=O) groups excluding carboxylic acids is 1. The number of amides is 1. The molecule has 0 radical (unpaired) electrons. The summed E-state index contributed by atoms with van der Waals surface area (Å²) in [6.45, 7) is 5.00. The number of pyridine rings is 2. The highest BCUT2D eigenvalue weighted by Gasteiger charge is 2.24. The van der Waals surface area contributed by atoms with Crippen molar-refractivity contribution in [3.8, 4) is 5.82 Å². The first-order chi connectivity index (χ1) is 15.0. The fraction of sp³-hybridized carbons (Fsp3) is 0.333. The molecule has 11 nitrogen and oxygen atoms in total. The molecule has 0 saturated carbocycles. The number of aryl methyl sites for hydroxylation is 1. The second kappa shape index (κ2) is 8.61. The lowest BCUT2D eigenvalue weighted by molar-refractivity contribution is -0.139. The van der Waals surface area contributed by atoms with Crippen LogP contribution in [0.2, 0.25) is 0 Å². The molecule has 2 N–H and O–H groups in total. The minimum atomic E-state index is -1.25. The molecular weight excluding hydrogens is 418 g/mol. The predicted octanol–water partition coefficient (Wildman–Crippen LogP) is 1.000. The Morgan fingerprint density at radius 1 is 1.19 bits per heavy atom. The number of rotatable bonds is 5. The molecule has 11 heteroatoms. The molecule has 0 spiro atoms. The van der Waals surface area contributed by atoms with E-state index in [0.29, 0.717) is 16.5 Å². The topological polar surface area (TPSA) is 145 Å². The molecule has 3 rings (SSSR count). The zero-order chi connectivity index (χ0) is 23.6. The van der Waals surface area contributed by atoms with Crippen LogP contribution in [0.3, 0.4) is 0 Å². The number of carboxylic acids is 1. The van der Waals surface area contributed by atoms with Gasteiger partial charge in [0.1, 0.15) is 17.5 Å². The molecule has 0 unspecified atom stereocenters. The van der Waals surface area contributed by atoms with Gasteiger partial charge in [0.2, 0.25) is 0 Å². The first-order valence-corrected chi connectivity index (χ1v) is 9.71. The lowest BCUT2D eigenvalue weighted by atomic mass is 10.1. The first kappa shape index (κ1) is 22.7. The van der Waals surface area contributed by atoms with Crippen LogP contribution < -0.4 is 16.6 Å². The smallest absolute Gasteiger partial charge is 0.408 e. The van der Waals surface area contributed by atoms with E-state index in [9.17, 15) is 24.3 Å². The maximum absolute atomic E-state index is 12.8. The third-order valence-corrected chi connectivity index (χ3v) is 4.54. The van der Waals surface area contributed by atoms with E-state index >= 15 is 0 Å². The van der Waals surface area contributed by atoms with E-state index in [1.165, 1.54) is 48.4 Å². The number of ether oxygens (including phenoxy) is 1. The van der Waals surface area contributed by atoms with E-state index in [0.717, 1.165) is 4.57 Å². The lowest BCUT2D eigenvalue weighted by Crippen LogP contribution is -2.44. The Labute approximate surface area is 182 Å². The Balaban J connectivity index is 1.88. The highest BCUT2D eigenvalue weighted by molar-refractivity contribution is 5.80. The van der Waals surface area contributed by atoms with Crippen LogP contribution in [0.15, 0.2) is 46.4 Å². The summed E-state index contributed by atoms with van der Waals surface area (Å²) in [6, 6.07) is 3.25. The predicted molar refractivity (Wildman–Crippen MR) is 115 cm³/mol. The van der Waals surface area contributed by atoms with E-state index in [-0.39, 0.29) is 12.2 Å². The number of nitrogens with zero attached hydrogens (tertiary/aromatic N) is 4. The van der Waals surface area contributed by atoms with E-state index in [2.05, 4.69) is 15.3 Å². The van der Waals surface area contributed by atoms with Crippen LogP contribution in [-0.4, -0.2) is 47.9 Å². The largest absolute Gasteiger partial charge is 0.480 e. The quantitative estimate of drug-likeness (QED) is 0.596. The first-order valence-electron chi connectivity index (χ1n) is 9.71. The average Bonchev–Trinajstić information content (AvgIpc) is 2.71. The normalized spacial score (nSPS) is 12.4. The monoisotopic (exact) mass is 441 g/mol. The zero-order valence-electron chi connectivity index (χ0n) is 18.0. The maximum atomic E-state index is 12.8. The summed E-state index contributed by atoms with van der Waals surface area (Å²) in [7, 11) is 1.52. The fourth-order valence-corrected chi connectivity index (χ4v) is 3.05. The number of aliphatic carboxylic acids is 1. The molecular formula is C21H23N5O6. The van der Waals surface area contributed by atoms with Crippen molar-refractivity contribution in [1.82, 2.24) is 24.4 Å². The molecule has 3 aromatic heterocycles. The van der Waals surface area contributed by atoms with Gasteiger partial charge in [0.05, 0.1) is 17.1 Å². The summed E-state index contributed by atoms with van der Waals surface area (Å²) >= 11 is 0. The molecule has 0 aliphatic rings. The van der Waals surface area contributed by atoms with Gasteiger partial charge in [-0.05, 0) is 38.5 Å². The number of nitrogens with one attached hydrogen (secondary N) is 1. The van der Waals surface area contributed by atoms with Crippen molar-refractivity contribution in [1.29, 1.82) is 0 Å². The van der Waals surface area contributed by atoms with E-state index in [1.807, 2.05) is 0 Å². The van der Waals surface area contributed by atoms with Gasteiger partial charge >= 0.3 is 17.8 Å². The number of fused-ring (bicyclic) bond motifs is 1. The second-order valence-corrected chi connectivity index (χ2v) is 8.14. The Morgan fingerprint density at radius 3 is 2.50 bits per heavy atom. The summed E-state index contributed by atoms with van der Waals surface area (Å²) in [4.78, 5) is 57.1. The van der Waals surface area contributed by atoms with Crippen LogP contribution >= 0.6 is 0 Å². The number of hydrogen-bond donors (Lipinski definition) is 2. The molecule has 1 amide bonds. The molecule has 32 heavy (non-hydrogen) atoms. The minimum Gasteiger partial charge on any atom is -0.480 e. The highest BCUT2D eigenvalue weighted by Crippen LogP contribution is 2.10. The summed E-state index contributed by atoms with van der Waals surface area (Å²) in [5.74, 6) is -1.15. The van der Waals surface area contributed by atoms with E-state index < -0.39 is 35.0 Å². The zero-order valence-corrected chi connectivity index (χ0v) is 18.0. The molecule has 0 saturated heterocycles. The fourth-order valence-electron chi connectivity index (χ4n) is 3.05. The Kier molecular flexibility index (Phi) is 6.10. The van der Waals surface area contributed by atoms with Crippen LogP contribution in [0.1, 0.15) is 26.3 Å². The summed E-state index contributed by atoms with van der Waals surface area (Å²) in [5.41, 5.74) is -1.03. The van der Waals surface area contributed by atoms with Gasteiger partial charge in [0.15, 0.2) is 0 Å². The third-order valence-electron chi connectivity index (χ3n) is 4.54. The summed E-state index contributed by atoms with van der Waals surface area (Å²) in [5, 5.41) is 12.0. The number of hydrogen-bond acceptors (Lipinski definition) is 7. The summed E-state index contributed by atoms with van der Waals surface area (Å²) < 4.78 is 7.32. The minimum absolute atomic E-state index is 0.0713. The Hall–Kier alpha value is -4.02. The average molecular weight is 441 g/mol. The highest BCUT2D eigenvalue weighted by atomic mass is 16.6. The third kappa shape index (κ3) is 4.82.